The van der Waals surface area contributed by atoms with Crippen molar-refractivity contribution < 1.29 is 9.90 Å². The van der Waals surface area contributed by atoms with Gasteiger partial charge in [-0.25, -0.2) is 0 Å². The lowest BCUT2D eigenvalue weighted by atomic mass is 10.1. The van der Waals surface area contributed by atoms with Gasteiger partial charge in [0.25, 0.3) is 0 Å². The summed E-state index contributed by atoms with van der Waals surface area (Å²) in [7, 11) is 0. The van der Waals surface area contributed by atoms with Crippen molar-refractivity contribution in [1.29, 1.82) is 0 Å². The Bertz CT molecular complexity index is 391. The molecule has 0 aliphatic heterocycles. The SMILES string of the molecule is Nc1ccn(CC(=O)NC2CCCC2CO)n1. The molecule has 2 unspecified atom stereocenters. The molecule has 2 atom stereocenters. The van der Waals surface area contributed by atoms with Crippen LogP contribution < -0.4 is 11.1 Å². The van der Waals surface area contributed by atoms with Gasteiger partial charge in [0.1, 0.15) is 12.4 Å². The number of hydrogen-bond donors (Lipinski definition) is 3. The van der Waals surface area contributed by atoms with Crippen LogP contribution in [-0.4, -0.2) is 33.4 Å². The van der Waals surface area contributed by atoms with E-state index < -0.39 is 0 Å². The van der Waals surface area contributed by atoms with Crippen molar-refractivity contribution in [2.75, 3.05) is 12.3 Å². The molecule has 0 spiro atoms. The number of carbonyl (C=O) groups is 1. The summed E-state index contributed by atoms with van der Waals surface area (Å²) in [5, 5.41) is 16.0. The van der Waals surface area contributed by atoms with Crippen LogP contribution in [0.2, 0.25) is 0 Å². The molecule has 0 aromatic carbocycles. The minimum atomic E-state index is -0.0848. The average Bonchev–Trinajstić information content (AvgIpc) is 2.87. The first-order valence-corrected chi connectivity index (χ1v) is 5.88. The van der Waals surface area contributed by atoms with Crippen LogP contribution in [0.3, 0.4) is 0 Å². The maximum Gasteiger partial charge on any atom is 0.241 e. The first kappa shape index (κ1) is 11.9. The van der Waals surface area contributed by atoms with Gasteiger partial charge >= 0.3 is 0 Å². The van der Waals surface area contributed by atoms with Crippen LogP contribution >= 0.6 is 0 Å². The van der Waals surface area contributed by atoms with Crippen molar-refractivity contribution in [3.05, 3.63) is 12.3 Å². The van der Waals surface area contributed by atoms with Crippen LogP contribution in [0.25, 0.3) is 0 Å². The third-order valence-electron chi connectivity index (χ3n) is 3.21. The van der Waals surface area contributed by atoms with E-state index in [4.69, 9.17) is 10.8 Å². The molecule has 4 N–H and O–H groups in total. The maximum absolute atomic E-state index is 11.7. The Morgan fingerprint density at radius 3 is 3.12 bits per heavy atom. The van der Waals surface area contributed by atoms with E-state index in [2.05, 4.69) is 10.4 Å². The number of rotatable bonds is 4. The van der Waals surface area contributed by atoms with Crippen LogP contribution in [-0.2, 0) is 11.3 Å². The molecule has 0 radical (unpaired) electrons. The fourth-order valence-electron chi connectivity index (χ4n) is 2.31. The highest BCUT2D eigenvalue weighted by molar-refractivity contribution is 5.76. The number of nitrogens with two attached hydrogens (primary N) is 1. The molecule has 1 amide bonds. The van der Waals surface area contributed by atoms with E-state index in [1.165, 1.54) is 4.68 Å². The van der Waals surface area contributed by atoms with Crippen LogP contribution in [0.5, 0.6) is 0 Å². The quantitative estimate of drug-likeness (QED) is 0.674. The Morgan fingerprint density at radius 1 is 1.65 bits per heavy atom. The molecule has 0 saturated heterocycles. The van der Waals surface area contributed by atoms with Crippen LogP contribution in [0.4, 0.5) is 5.82 Å². The molecule has 2 rings (SSSR count). The Labute approximate surface area is 99.8 Å². The van der Waals surface area contributed by atoms with Crippen LogP contribution in [0, 0.1) is 5.92 Å². The topological polar surface area (TPSA) is 93.2 Å². The zero-order valence-corrected chi connectivity index (χ0v) is 9.67. The van der Waals surface area contributed by atoms with E-state index in [-0.39, 0.29) is 31.0 Å². The van der Waals surface area contributed by atoms with Crippen molar-refractivity contribution >= 4 is 11.7 Å². The summed E-state index contributed by atoms with van der Waals surface area (Å²) < 4.78 is 1.51. The molecule has 6 nitrogen and oxygen atoms in total. The number of nitrogens with zero attached hydrogens (tertiary/aromatic N) is 2. The molecular formula is C11H18N4O2. The van der Waals surface area contributed by atoms with Gasteiger partial charge in [0.15, 0.2) is 0 Å². The smallest absolute Gasteiger partial charge is 0.241 e. The number of amides is 1. The predicted molar refractivity (Wildman–Crippen MR) is 63.0 cm³/mol. The van der Waals surface area contributed by atoms with Gasteiger partial charge in [0, 0.05) is 24.8 Å². The van der Waals surface area contributed by atoms with Gasteiger partial charge in [0.05, 0.1) is 0 Å². The molecular weight excluding hydrogens is 220 g/mol. The zero-order valence-electron chi connectivity index (χ0n) is 9.67. The monoisotopic (exact) mass is 238 g/mol. The Kier molecular flexibility index (Phi) is 3.63. The molecule has 1 aliphatic rings. The standard InChI is InChI=1S/C11H18N4O2/c12-10-4-5-15(14-10)6-11(17)13-9-3-1-2-8(9)7-16/h4-5,8-9,16H,1-3,6-7H2,(H2,12,14)(H,13,17). The van der Waals surface area contributed by atoms with Gasteiger partial charge in [-0.15, -0.1) is 0 Å². The number of aliphatic hydroxyl groups excluding tert-OH is 1. The largest absolute Gasteiger partial charge is 0.396 e. The van der Waals surface area contributed by atoms with Crippen molar-refractivity contribution in [2.24, 2.45) is 5.92 Å². The zero-order chi connectivity index (χ0) is 12.3. The molecule has 1 fully saturated rings. The summed E-state index contributed by atoms with van der Waals surface area (Å²) in [5.41, 5.74) is 5.46. The highest BCUT2D eigenvalue weighted by Crippen LogP contribution is 2.24. The van der Waals surface area contributed by atoms with Crippen molar-refractivity contribution in [3.63, 3.8) is 0 Å². The van der Waals surface area contributed by atoms with E-state index in [0.717, 1.165) is 19.3 Å². The molecule has 1 heterocycles. The highest BCUT2D eigenvalue weighted by Gasteiger charge is 2.27. The number of hydrogen-bond acceptors (Lipinski definition) is 4. The Morgan fingerprint density at radius 2 is 2.47 bits per heavy atom. The molecule has 1 aromatic heterocycles. The summed E-state index contributed by atoms with van der Waals surface area (Å²) >= 11 is 0. The Hall–Kier alpha value is -1.56. The number of aromatic nitrogens is 2. The summed E-state index contributed by atoms with van der Waals surface area (Å²) in [6.07, 6.45) is 4.66. The van der Waals surface area contributed by atoms with Gasteiger partial charge in [-0.1, -0.05) is 6.42 Å². The van der Waals surface area contributed by atoms with E-state index in [9.17, 15) is 4.79 Å². The van der Waals surface area contributed by atoms with Crippen LogP contribution in [0.15, 0.2) is 12.3 Å². The first-order chi connectivity index (χ1) is 8.19. The van der Waals surface area contributed by atoms with Gasteiger partial charge in [0.2, 0.25) is 5.91 Å². The van der Waals surface area contributed by atoms with E-state index >= 15 is 0 Å². The van der Waals surface area contributed by atoms with Crippen molar-refractivity contribution in [2.45, 2.75) is 31.8 Å². The molecule has 17 heavy (non-hydrogen) atoms. The fraction of sp³-hybridized carbons (Fsp3) is 0.636. The second-order valence-corrected chi connectivity index (χ2v) is 4.49. The normalized spacial score (nSPS) is 23.8. The summed E-state index contributed by atoms with van der Waals surface area (Å²) in [4.78, 5) is 11.7. The number of nitrogens with one attached hydrogen (secondary N) is 1. The molecule has 1 saturated carbocycles. The predicted octanol–water partition coefficient (Wildman–Crippen LogP) is -0.258. The summed E-state index contributed by atoms with van der Waals surface area (Å²) in [6, 6.07) is 1.75. The second kappa shape index (κ2) is 5.18. The lowest BCUT2D eigenvalue weighted by Gasteiger charge is -2.18. The fourth-order valence-corrected chi connectivity index (χ4v) is 2.31. The highest BCUT2D eigenvalue weighted by atomic mass is 16.3. The molecule has 0 bridgehead atoms. The van der Waals surface area contributed by atoms with Crippen molar-refractivity contribution in [3.8, 4) is 0 Å². The third-order valence-corrected chi connectivity index (χ3v) is 3.21. The van der Waals surface area contributed by atoms with Gasteiger partial charge in [-0.3, -0.25) is 9.48 Å². The van der Waals surface area contributed by atoms with E-state index in [1.54, 1.807) is 12.3 Å². The van der Waals surface area contributed by atoms with Gasteiger partial charge in [-0.2, -0.15) is 5.10 Å². The summed E-state index contributed by atoms with van der Waals surface area (Å²) in [6.45, 7) is 0.311. The molecule has 94 valence electrons. The lowest BCUT2D eigenvalue weighted by Crippen LogP contribution is -2.40. The van der Waals surface area contributed by atoms with Gasteiger partial charge < -0.3 is 16.2 Å². The second-order valence-electron chi connectivity index (χ2n) is 4.49. The minimum absolute atomic E-state index is 0.0848. The number of carbonyl (C=O) groups excluding carboxylic acids is 1. The van der Waals surface area contributed by atoms with Crippen molar-refractivity contribution in [1.82, 2.24) is 15.1 Å². The maximum atomic E-state index is 11.7. The van der Waals surface area contributed by atoms with Gasteiger partial charge in [-0.05, 0) is 18.9 Å². The first-order valence-electron chi connectivity index (χ1n) is 5.88. The molecule has 1 aromatic rings. The lowest BCUT2D eigenvalue weighted by molar-refractivity contribution is -0.122. The molecule has 1 aliphatic carbocycles. The number of nitrogen functional groups attached to an aromatic ring is 1. The Balaban J connectivity index is 1.85. The average molecular weight is 238 g/mol. The number of aliphatic hydroxyl groups is 1. The van der Waals surface area contributed by atoms with E-state index in [1.807, 2.05) is 0 Å². The number of anilines is 1. The van der Waals surface area contributed by atoms with E-state index in [0.29, 0.717) is 5.82 Å². The minimum Gasteiger partial charge on any atom is -0.396 e. The van der Waals surface area contributed by atoms with Crippen LogP contribution in [0.1, 0.15) is 19.3 Å². The molecule has 6 heteroatoms. The third kappa shape index (κ3) is 2.97. The summed E-state index contributed by atoms with van der Waals surface area (Å²) in [5.74, 6) is 0.520.